The monoisotopic (exact) mass is 359 g/mol. The minimum Gasteiger partial charge on any atom is -0.466 e. The molecule has 3 rings (SSSR count). The first-order valence-electron chi connectivity index (χ1n) is 9.12. The Balaban J connectivity index is 1.79. The van der Waals surface area contributed by atoms with Crippen molar-refractivity contribution < 1.29 is 14.3 Å². The third-order valence-electron chi connectivity index (χ3n) is 5.09. The van der Waals surface area contributed by atoms with Gasteiger partial charge in [-0.15, -0.1) is 0 Å². The van der Waals surface area contributed by atoms with Crippen molar-refractivity contribution >= 4 is 17.5 Å². The summed E-state index contributed by atoms with van der Waals surface area (Å²) >= 11 is 0. The topological polar surface area (TPSA) is 79.5 Å². The van der Waals surface area contributed by atoms with Gasteiger partial charge >= 0.3 is 0 Å². The first kappa shape index (κ1) is 18.7. The van der Waals surface area contributed by atoms with Crippen LogP contribution in [-0.4, -0.2) is 34.5 Å². The number of anilines is 1. The maximum Gasteiger partial charge on any atom is 0.278 e. The van der Waals surface area contributed by atoms with E-state index in [-0.39, 0.29) is 17.1 Å². The molecule has 0 radical (unpaired) electrons. The van der Waals surface area contributed by atoms with Crippen molar-refractivity contribution in [2.24, 2.45) is 0 Å². The van der Waals surface area contributed by atoms with Gasteiger partial charge in [-0.3, -0.25) is 9.59 Å². The van der Waals surface area contributed by atoms with Gasteiger partial charge in [0.15, 0.2) is 0 Å². The number of rotatable bonds is 2. The van der Waals surface area contributed by atoms with Gasteiger partial charge < -0.3 is 20.7 Å². The van der Waals surface area contributed by atoms with Crippen LogP contribution in [0.2, 0.25) is 0 Å². The number of nitrogens with one attached hydrogen (secondary N) is 3. The van der Waals surface area contributed by atoms with E-state index in [2.05, 4.69) is 43.6 Å². The Hall–Kier alpha value is -2.08. The Kier molecular flexibility index (Phi) is 4.30. The lowest BCUT2D eigenvalue weighted by Crippen LogP contribution is -2.65. The van der Waals surface area contributed by atoms with Crippen molar-refractivity contribution in [1.29, 1.82) is 0 Å². The highest BCUT2D eigenvalue weighted by molar-refractivity contribution is 6.15. The number of amides is 2. The molecular formula is C20H29N3O3. The van der Waals surface area contributed by atoms with E-state index in [0.29, 0.717) is 11.4 Å². The molecule has 2 amide bonds. The van der Waals surface area contributed by atoms with Gasteiger partial charge in [0.2, 0.25) is 0 Å². The summed E-state index contributed by atoms with van der Waals surface area (Å²) in [6.07, 6.45) is 1.57. The van der Waals surface area contributed by atoms with Crippen LogP contribution < -0.4 is 20.7 Å². The molecule has 0 bridgehead atoms. The van der Waals surface area contributed by atoms with Crippen LogP contribution in [0.1, 0.15) is 53.0 Å². The Labute approximate surface area is 155 Å². The number of fused-ring (bicyclic) bond motifs is 1. The lowest BCUT2D eigenvalue weighted by Gasteiger charge is -2.47. The van der Waals surface area contributed by atoms with Crippen LogP contribution in [0, 0.1) is 6.92 Å². The number of piperidine rings is 1. The van der Waals surface area contributed by atoms with E-state index in [1.807, 2.05) is 19.1 Å². The summed E-state index contributed by atoms with van der Waals surface area (Å²) in [5.41, 5.74) is -0.160. The lowest BCUT2D eigenvalue weighted by molar-refractivity contribution is -0.147. The van der Waals surface area contributed by atoms with E-state index in [9.17, 15) is 9.59 Å². The first-order chi connectivity index (χ1) is 11.9. The molecule has 2 heterocycles. The molecule has 6 nitrogen and oxygen atoms in total. The standard InChI is InChI=1S/C20H29N3O3/c1-12-7-8-15-14(9-12)22-17(25)20(6,26-15)16(24)21-13-10-18(2,3)23-19(4,5)11-13/h7-9,13,23H,10-11H2,1-6H3,(H,21,24)(H,22,25). The van der Waals surface area contributed by atoms with Gasteiger partial charge in [0.1, 0.15) is 5.75 Å². The Bertz CT molecular complexity index is 741. The summed E-state index contributed by atoms with van der Waals surface area (Å²) in [4.78, 5) is 25.6. The normalized spacial score (nSPS) is 27.1. The molecule has 1 aromatic carbocycles. The molecule has 1 atom stereocenters. The van der Waals surface area contributed by atoms with Crippen molar-refractivity contribution in [2.45, 2.75) is 77.1 Å². The van der Waals surface area contributed by atoms with Crippen LogP contribution in [-0.2, 0) is 9.59 Å². The molecule has 26 heavy (non-hydrogen) atoms. The van der Waals surface area contributed by atoms with Crippen LogP contribution in [0.15, 0.2) is 18.2 Å². The lowest BCUT2D eigenvalue weighted by atomic mass is 9.79. The molecule has 142 valence electrons. The zero-order valence-electron chi connectivity index (χ0n) is 16.4. The fourth-order valence-electron chi connectivity index (χ4n) is 4.24. The largest absolute Gasteiger partial charge is 0.466 e. The fourth-order valence-corrected chi connectivity index (χ4v) is 4.24. The summed E-state index contributed by atoms with van der Waals surface area (Å²) in [5.74, 6) is -0.334. The zero-order chi connectivity index (χ0) is 19.3. The van der Waals surface area contributed by atoms with Gasteiger partial charge in [-0.25, -0.2) is 0 Å². The molecule has 0 aromatic heterocycles. The zero-order valence-corrected chi connectivity index (χ0v) is 16.4. The number of aryl methyl sites for hydroxylation is 1. The average Bonchev–Trinajstić information content (AvgIpc) is 2.45. The maximum atomic E-state index is 13.0. The molecule has 3 N–H and O–H groups in total. The first-order valence-corrected chi connectivity index (χ1v) is 9.12. The van der Waals surface area contributed by atoms with E-state index < -0.39 is 17.4 Å². The molecule has 1 fully saturated rings. The number of benzene rings is 1. The summed E-state index contributed by atoms with van der Waals surface area (Å²) in [5, 5.41) is 9.44. The minimum absolute atomic E-state index is 0.0265. The number of hydrogen-bond donors (Lipinski definition) is 3. The van der Waals surface area contributed by atoms with Gasteiger partial charge in [0.25, 0.3) is 17.4 Å². The highest BCUT2D eigenvalue weighted by Gasteiger charge is 2.49. The van der Waals surface area contributed by atoms with Crippen LogP contribution in [0.3, 0.4) is 0 Å². The predicted molar refractivity (Wildman–Crippen MR) is 101 cm³/mol. The van der Waals surface area contributed by atoms with Crippen LogP contribution in [0.5, 0.6) is 5.75 Å². The van der Waals surface area contributed by atoms with E-state index in [4.69, 9.17) is 4.74 Å². The third kappa shape index (κ3) is 3.56. The molecular weight excluding hydrogens is 330 g/mol. The molecule has 1 saturated heterocycles. The van der Waals surface area contributed by atoms with Crippen LogP contribution in [0.25, 0.3) is 0 Å². The second kappa shape index (κ2) is 5.98. The second-order valence-electron chi connectivity index (χ2n) is 9.06. The molecule has 0 saturated carbocycles. The van der Waals surface area contributed by atoms with Gasteiger partial charge in [0.05, 0.1) is 5.69 Å². The van der Waals surface area contributed by atoms with Crippen molar-refractivity contribution in [1.82, 2.24) is 10.6 Å². The minimum atomic E-state index is -1.58. The van der Waals surface area contributed by atoms with Gasteiger partial charge in [-0.2, -0.15) is 0 Å². The van der Waals surface area contributed by atoms with Gasteiger partial charge in [-0.1, -0.05) is 6.07 Å². The molecule has 2 aliphatic rings. The number of carbonyl (C=O) groups is 2. The third-order valence-corrected chi connectivity index (χ3v) is 5.09. The van der Waals surface area contributed by atoms with Crippen LogP contribution in [0.4, 0.5) is 5.69 Å². The Morgan fingerprint density at radius 3 is 2.38 bits per heavy atom. The molecule has 1 unspecified atom stereocenters. The number of ether oxygens (including phenoxy) is 1. The fraction of sp³-hybridized carbons (Fsp3) is 0.600. The Morgan fingerprint density at radius 2 is 1.77 bits per heavy atom. The molecule has 0 aliphatic carbocycles. The predicted octanol–water partition coefficient (Wildman–Crippen LogP) is 2.51. The summed E-state index contributed by atoms with van der Waals surface area (Å²) in [7, 11) is 0. The molecule has 0 spiro atoms. The summed E-state index contributed by atoms with van der Waals surface area (Å²) < 4.78 is 5.85. The summed E-state index contributed by atoms with van der Waals surface area (Å²) in [6.45, 7) is 12.0. The Morgan fingerprint density at radius 1 is 1.15 bits per heavy atom. The van der Waals surface area contributed by atoms with E-state index in [1.54, 1.807) is 6.07 Å². The van der Waals surface area contributed by atoms with E-state index in [1.165, 1.54) is 6.92 Å². The van der Waals surface area contributed by atoms with Crippen molar-refractivity contribution in [3.05, 3.63) is 23.8 Å². The van der Waals surface area contributed by atoms with Crippen LogP contribution >= 0.6 is 0 Å². The van der Waals surface area contributed by atoms with Crippen molar-refractivity contribution in [3.63, 3.8) is 0 Å². The average molecular weight is 359 g/mol. The second-order valence-corrected chi connectivity index (χ2v) is 9.06. The number of carbonyl (C=O) groups excluding carboxylic acids is 2. The van der Waals surface area contributed by atoms with E-state index in [0.717, 1.165) is 18.4 Å². The summed E-state index contributed by atoms with van der Waals surface area (Å²) in [6, 6.07) is 5.49. The maximum absolute atomic E-state index is 13.0. The quantitative estimate of drug-likeness (QED) is 0.709. The molecule has 6 heteroatoms. The van der Waals surface area contributed by atoms with E-state index >= 15 is 0 Å². The SMILES string of the molecule is Cc1ccc2c(c1)NC(=O)C(C)(C(=O)NC1CC(C)(C)NC(C)(C)C1)O2. The molecule has 1 aromatic rings. The highest BCUT2D eigenvalue weighted by atomic mass is 16.5. The number of hydrogen-bond acceptors (Lipinski definition) is 4. The van der Waals surface area contributed by atoms with Gasteiger partial charge in [-0.05, 0) is 72.1 Å². The smallest absolute Gasteiger partial charge is 0.278 e. The molecule has 2 aliphatic heterocycles. The van der Waals surface area contributed by atoms with Crippen molar-refractivity contribution in [3.8, 4) is 5.75 Å². The highest BCUT2D eigenvalue weighted by Crippen LogP contribution is 2.35. The van der Waals surface area contributed by atoms with Crippen molar-refractivity contribution in [2.75, 3.05) is 5.32 Å². The van der Waals surface area contributed by atoms with Gasteiger partial charge in [0, 0.05) is 17.1 Å².